The van der Waals surface area contributed by atoms with Gasteiger partial charge in [0.1, 0.15) is 0 Å². The van der Waals surface area contributed by atoms with Crippen molar-refractivity contribution in [2.24, 2.45) is 10.7 Å². The van der Waals surface area contributed by atoms with Gasteiger partial charge in [-0.3, -0.25) is 4.79 Å². The summed E-state index contributed by atoms with van der Waals surface area (Å²) in [5, 5.41) is 0. The van der Waals surface area contributed by atoms with Crippen LogP contribution in [0.4, 0.5) is 18.9 Å². The zero-order chi connectivity index (χ0) is 22.7. The van der Waals surface area contributed by atoms with Gasteiger partial charge in [0.2, 0.25) is 0 Å². The molecule has 2 aromatic carbocycles. The molecule has 2 aromatic rings. The van der Waals surface area contributed by atoms with Crippen LogP contribution in [0.15, 0.2) is 53.5 Å². The number of nitrogens with zero attached hydrogens (tertiary/aromatic N) is 2. The molecule has 2 aliphatic rings. The predicted molar refractivity (Wildman–Crippen MR) is 117 cm³/mol. The third-order valence-corrected chi connectivity index (χ3v) is 5.89. The summed E-state index contributed by atoms with van der Waals surface area (Å²) in [5.74, 6) is -0.154. The lowest BCUT2D eigenvalue weighted by atomic mass is 9.93. The number of nitrogens with two attached hydrogens (primary N) is 1. The lowest BCUT2D eigenvalue weighted by molar-refractivity contribution is -0.137. The van der Waals surface area contributed by atoms with E-state index in [2.05, 4.69) is 4.99 Å². The first-order valence-corrected chi connectivity index (χ1v) is 10.5. The zero-order valence-corrected chi connectivity index (χ0v) is 17.4. The number of aliphatic imine (C=N–C) groups is 1. The highest BCUT2D eigenvalue weighted by Crippen LogP contribution is 2.36. The third-order valence-electron chi connectivity index (χ3n) is 5.89. The second kappa shape index (κ2) is 9.16. The number of carbonyl (C=O) groups is 1. The van der Waals surface area contributed by atoms with Crippen molar-refractivity contribution in [1.29, 1.82) is 0 Å². The molecular formula is C24H24F3N3O2. The van der Waals surface area contributed by atoms with E-state index < -0.39 is 11.7 Å². The molecule has 0 unspecified atom stereocenters. The van der Waals surface area contributed by atoms with Gasteiger partial charge in [-0.1, -0.05) is 18.2 Å². The molecule has 0 spiro atoms. The number of hydrogen-bond acceptors (Lipinski definition) is 3. The number of amides is 1. The second-order valence-electron chi connectivity index (χ2n) is 7.88. The van der Waals surface area contributed by atoms with Gasteiger partial charge in [-0.15, -0.1) is 0 Å². The number of likely N-dealkylation sites (tertiary alicyclic amines) is 1. The number of alkyl halides is 3. The van der Waals surface area contributed by atoms with Crippen LogP contribution in [0.5, 0.6) is 0 Å². The Bertz CT molecular complexity index is 1050. The Morgan fingerprint density at radius 1 is 1.16 bits per heavy atom. The number of piperidine rings is 1. The van der Waals surface area contributed by atoms with Crippen molar-refractivity contribution in [2.45, 2.75) is 31.5 Å². The molecule has 2 N–H and O–H groups in total. The summed E-state index contributed by atoms with van der Waals surface area (Å²) in [5.41, 5.74) is 8.38. The van der Waals surface area contributed by atoms with Crippen molar-refractivity contribution in [3.63, 3.8) is 0 Å². The molecular weight excluding hydrogens is 419 g/mol. The summed E-state index contributed by atoms with van der Waals surface area (Å²) < 4.78 is 44.3. The lowest BCUT2D eigenvalue weighted by Gasteiger charge is -2.36. The van der Waals surface area contributed by atoms with E-state index in [-0.39, 0.29) is 11.9 Å². The van der Waals surface area contributed by atoms with E-state index in [9.17, 15) is 18.0 Å². The van der Waals surface area contributed by atoms with Gasteiger partial charge < -0.3 is 15.4 Å². The number of benzene rings is 2. The topological polar surface area (TPSA) is 67.9 Å². The van der Waals surface area contributed by atoms with Gasteiger partial charge >= 0.3 is 6.18 Å². The van der Waals surface area contributed by atoms with Crippen LogP contribution in [-0.2, 0) is 10.9 Å². The van der Waals surface area contributed by atoms with E-state index in [1.54, 1.807) is 23.1 Å². The number of carbonyl (C=O) groups excluding carboxylic acids is 1. The molecule has 1 saturated heterocycles. The first-order valence-electron chi connectivity index (χ1n) is 10.5. The second-order valence-corrected chi connectivity index (χ2v) is 7.88. The summed E-state index contributed by atoms with van der Waals surface area (Å²) in [7, 11) is 0. The van der Waals surface area contributed by atoms with Crippen molar-refractivity contribution in [3.05, 3.63) is 70.8 Å². The van der Waals surface area contributed by atoms with Crippen LogP contribution in [0.25, 0.3) is 5.57 Å². The fourth-order valence-corrected chi connectivity index (χ4v) is 4.28. The Balaban J connectivity index is 1.64. The highest BCUT2D eigenvalue weighted by Gasteiger charge is 2.32. The standard InChI is InChI=1S/C24H24F3N3O2/c25-24(26,27)19-7-4-16(5-8-19)22-3-1-2-11-30(22)23(31)17-6-9-21(29-15-28)20(13-17)18-10-12-32-14-18/h4-10,13,15,22H,1-3,11-12,14H2,(H2,28,29)/t22-/m1/s1. The summed E-state index contributed by atoms with van der Waals surface area (Å²) in [6.07, 6.45) is 1.24. The molecule has 1 amide bonds. The van der Waals surface area contributed by atoms with Crippen molar-refractivity contribution >= 4 is 23.5 Å². The maximum Gasteiger partial charge on any atom is 0.416 e. The van der Waals surface area contributed by atoms with Crippen molar-refractivity contribution in [2.75, 3.05) is 19.8 Å². The van der Waals surface area contributed by atoms with E-state index in [4.69, 9.17) is 10.5 Å². The summed E-state index contributed by atoms with van der Waals surface area (Å²) >= 11 is 0. The molecule has 0 radical (unpaired) electrons. The Morgan fingerprint density at radius 3 is 2.59 bits per heavy atom. The van der Waals surface area contributed by atoms with Crippen LogP contribution in [-0.4, -0.2) is 36.9 Å². The first-order chi connectivity index (χ1) is 15.4. The Kier molecular flexibility index (Phi) is 6.32. The Labute approximate surface area is 184 Å². The van der Waals surface area contributed by atoms with Gasteiger partial charge in [-0.25, -0.2) is 4.99 Å². The van der Waals surface area contributed by atoms with Crippen LogP contribution < -0.4 is 5.73 Å². The van der Waals surface area contributed by atoms with Crippen LogP contribution in [0, 0.1) is 0 Å². The predicted octanol–water partition coefficient (Wildman–Crippen LogP) is 5.10. The maximum absolute atomic E-state index is 13.5. The maximum atomic E-state index is 13.5. The molecule has 2 heterocycles. The summed E-state index contributed by atoms with van der Waals surface area (Å²) in [6.45, 7) is 1.48. The van der Waals surface area contributed by atoms with Gasteiger partial charge in [0, 0.05) is 17.7 Å². The Morgan fingerprint density at radius 2 is 1.94 bits per heavy atom. The number of halogens is 3. The molecule has 0 aromatic heterocycles. The van der Waals surface area contributed by atoms with Crippen LogP contribution >= 0.6 is 0 Å². The first kappa shape index (κ1) is 22.1. The molecule has 1 atom stereocenters. The molecule has 4 rings (SSSR count). The fraction of sp³-hybridized carbons (Fsp3) is 0.333. The van der Waals surface area contributed by atoms with Gasteiger partial charge in [0.15, 0.2) is 0 Å². The van der Waals surface area contributed by atoms with Gasteiger partial charge in [-0.2, -0.15) is 13.2 Å². The van der Waals surface area contributed by atoms with Crippen LogP contribution in [0.2, 0.25) is 0 Å². The zero-order valence-electron chi connectivity index (χ0n) is 17.4. The van der Waals surface area contributed by atoms with Gasteiger partial charge in [0.25, 0.3) is 5.91 Å². The molecule has 2 aliphatic heterocycles. The highest BCUT2D eigenvalue weighted by molar-refractivity contribution is 5.96. The number of ether oxygens (including phenoxy) is 1. The molecule has 0 saturated carbocycles. The van der Waals surface area contributed by atoms with Crippen LogP contribution in [0.3, 0.4) is 0 Å². The Hall–Kier alpha value is -3.13. The average molecular weight is 443 g/mol. The van der Waals surface area contributed by atoms with Gasteiger partial charge in [0.05, 0.1) is 36.8 Å². The summed E-state index contributed by atoms with van der Waals surface area (Å²) in [4.78, 5) is 19.4. The van der Waals surface area contributed by atoms with E-state index in [1.807, 2.05) is 6.08 Å². The highest BCUT2D eigenvalue weighted by atomic mass is 19.4. The SMILES string of the molecule is NC=Nc1ccc(C(=O)N2CCCC[C@@H]2c2ccc(C(F)(F)F)cc2)cc1C1=CCOC1. The number of hydrogen-bond donors (Lipinski definition) is 1. The van der Waals surface area contributed by atoms with E-state index in [1.165, 1.54) is 18.5 Å². The fourth-order valence-electron chi connectivity index (χ4n) is 4.28. The van der Waals surface area contributed by atoms with Gasteiger partial charge in [-0.05, 0) is 60.7 Å². The molecule has 0 bridgehead atoms. The molecule has 0 aliphatic carbocycles. The minimum Gasteiger partial charge on any atom is -0.390 e. The minimum absolute atomic E-state index is 0.154. The smallest absolute Gasteiger partial charge is 0.390 e. The average Bonchev–Trinajstić information content (AvgIpc) is 3.33. The molecule has 168 valence electrons. The lowest BCUT2D eigenvalue weighted by Crippen LogP contribution is -2.38. The van der Waals surface area contributed by atoms with Crippen molar-refractivity contribution in [1.82, 2.24) is 4.90 Å². The third kappa shape index (κ3) is 4.55. The molecule has 1 fully saturated rings. The quantitative estimate of drug-likeness (QED) is 0.528. The van der Waals surface area contributed by atoms with Crippen molar-refractivity contribution in [3.8, 4) is 0 Å². The minimum atomic E-state index is -4.39. The largest absolute Gasteiger partial charge is 0.416 e. The monoisotopic (exact) mass is 443 g/mol. The van der Waals surface area contributed by atoms with E-state index in [0.29, 0.717) is 43.0 Å². The van der Waals surface area contributed by atoms with E-state index >= 15 is 0 Å². The van der Waals surface area contributed by atoms with E-state index in [0.717, 1.165) is 36.1 Å². The van der Waals surface area contributed by atoms with Crippen molar-refractivity contribution < 1.29 is 22.7 Å². The normalized spacial score (nSPS) is 19.4. The molecule has 8 heteroatoms. The number of rotatable bonds is 4. The molecule has 32 heavy (non-hydrogen) atoms. The molecule has 5 nitrogen and oxygen atoms in total. The summed E-state index contributed by atoms with van der Waals surface area (Å²) in [6, 6.07) is 10.1. The van der Waals surface area contributed by atoms with Crippen LogP contribution in [0.1, 0.15) is 52.4 Å².